The molecule has 5 heteroatoms. The minimum atomic E-state index is -0.732. The number of nitrogens with one attached hydrogen (secondary N) is 1. The first-order valence-corrected chi connectivity index (χ1v) is 8.58. The Hall–Kier alpha value is -1.72. The molecule has 0 radical (unpaired) electrons. The molecule has 3 N–H and O–H groups in total. The molecule has 1 aromatic carbocycles. The number of ketones is 1. The van der Waals surface area contributed by atoms with Crippen molar-refractivity contribution >= 4 is 11.7 Å². The molecule has 132 valence electrons. The lowest BCUT2D eigenvalue weighted by Gasteiger charge is -2.24. The van der Waals surface area contributed by atoms with Crippen LogP contribution in [0.2, 0.25) is 0 Å². The van der Waals surface area contributed by atoms with E-state index in [0.29, 0.717) is 25.4 Å². The lowest BCUT2D eigenvalue weighted by atomic mass is 9.92. The van der Waals surface area contributed by atoms with E-state index >= 15 is 0 Å². The molecule has 1 heterocycles. The Morgan fingerprint density at radius 2 is 1.92 bits per heavy atom. The van der Waals surface area contributed by atoms with E-state index in [1.54, 1.807) is 6.92 Å². The predicted octanol–water partition coefficient (Wildman–Crippen LogP) is 1.69. The first-order valence-electron chi connectivity index (χ1n) is 8.58. The normalized spacial score (nSPS) is 22.0. The van der Waals surface area contributed by atoms with Crippen molar-refractivity contribution in [3.63, 3.8) is 0 Å². The Kier molecular flexibility index (Phi) is 6.13. The van der Waals surface area contributed by atoms with Crippen molar-refractivity contribution < 1.29 is 14.3 Å². The van der Waals surface area contributed by atoms with Gasteiger partial charge < -0.3 is 15.8 Å². The minimum Gasteiger partial charge on any atom is -0.361 e. The van der Waals surface area contributed by atoms with E-state index in [-0.39, 0.29) is 24.2 Å². The molecule has 2 rings (SSSR count). The number of hydrogen-bond acceptors (Lipinski definition) is 4. The van der Waals surface area contributed by atoms with Gasteiger partial charge in [0.15, 0.2) is 5.78 Å². The molecule has 1 amide bonds. The molecule has 0 bridgehead atoms. The molecule has 1 aliphatic heterocycles. The first-order chi connectivity index (χ1) is 11.4. The largest absolute Gasteiger partial charge is 0.361 e. The van der Waals surface area contributed by atoms with Crippen molar-refractivity contribution in [3.8, 4) is 0 Å². The number of rotatable bonds is 9. The molecular weight excluding hydrogens is 304 g/mol. The van der Waals surface area contributed by atoms with Gasteiger partial charge in [-0.3, -0.25) is 9.59 Å². The third-order valence-corrected chi connectivity index (χ3v) is 4.42. The highest BCUT2D eigenvalue weighted by molar-refractivity contribution is 5.96. The Morgan fingerprint density at radius 1 is 1.29 bits per heavy atom. The summed E-state index contributed by atoms with van der Waals surface area (Å²) in [7, 11) is 0. The fraction of sp³-hybridized carbons (Fsp3) is 0.579. The summed E-state index contributed by atoms with van der Waals surface area (Å²) in [5.74, 6) is -0.250. The average molecular weight is 332 g/mol. The maximum Gasteiger partial charge on any atom is 0.225 e. The van der Waals surface area contributed by atoms with Crippen LogP contribution in [0.4, 0.5) is 0 Å². The summed E-state index contributed by atoms with van der Waals surface area (Å²) in [5, 5.41) is 2.92. The van der Waals surface area contributed by atoms with E-state index in [4.69, 9.17) is 10.5 Å². The summed E-state index contributed by atoms with van der Waals surface area (Å²) in [5.41, 5.74) is 6.13. The molecule has 0 aliphatic carbocycles. The fourth-order valence-electron chi connectivity index (χ4n) is 2.79. The van der Waals surface area contributed by atoms with E-state index in [1.807, 2.05) is 44.2 Å². The van der Waals surface area contributed by atoms with Crippen LogP contribution in [-0.2, 0) is 20.7 Å². The Labute approximate surface area is 143 Å². The van der Waals surface area contributed by atoms with Gasteiger partial charge in [0.1, 0.15) is 5.60 Å². The van der Waals surface area contributed by atoms with Crippen LogP contribution in [0.25, 0.3) is 0 Å². The van der Waals surface area contributed by atoms with Gasteiger partial charge in [0.05, 0.1) is 18.6 Å². The van der Waals surface area contributed by atoms with Gasteiger partial charge in [-0.25, -0.2) is 0 Å². The monoisotopic (exact) mass is 332 g/mol. The maximum atomic E-state index is 12.6. The zero-order valence-corrected chi connectivity index (χ0v) is 14.7. The zero-order valence-electron chi connectivity index (χ0n) is 14.7. The average Bonchev–Trinajstić information content (AvgIpc) is 3.30. The van der Waals surface area contributed by atoms with E-state index in [9.17, 15) is 9.59 Å². The van der Waals surface area contributed by atoms with Gasteiger partial charge >= 0.3 is 0 Å². The Morgan fingerprint density at radius 3 is 2.42 bits per heavy atom. The van der Waals surface area contributed by atoms with Gasteiger partial charge in [-0.15, -0.1) is 0 Å². The fourth-order valence-corrected chi connectivity index (χ4v) is 2.79. The van der Waals surface area contributed by atoms with Crippen molar-refractivity contribution in [2.24, 2.45) is 17.6 Å². The van der Waals surface area contributed by atoms with Crippen LogP contribution in [0.3, 0.4) is 0 Å². The van der Waals surface area contributed by atoms with Crippen LogP contribution in [0, 0.1) is 11.8 Å². The zero-order chi connectivity index (χ0) is 17.7. The smallest absolute Gasteiger partial charge is 0.225 e. The summed E-state index contributed by atoms with van der Waals surface area (Å²) < 4.78 is 5.26. The Balaban J connectivity index is 2.03. The SMILES string of the molecule is CC(C)C[C@H](NC(=O)[C@@H](CN)Cc1ccccc1)C(=O)[C@@]1(C)CO1. The molecule has 1 aromatic rings. The Bertz CT molecular complexity index is 567. The predicted molar refractivity (Wildman–Crippen MR) is 93.4 cm³/mol. The summed E-state index contributed by atoms with van der Waals surface area (Å²) in [6.45, 7) is 6.52. The molecular formula is C19H28N2O3. The molecule has 0 spiro atoms. The highest BCUT2D eigenvalue weighted by atomic mass is 16.6. The van der Waals surface area contributed by atoms with Crippen molar-refractivity contribution in [1.82, 2.24) is 5.32 Å². The summed E-state index contributed by atoms with van der Waals surface area (Å²) in [6, 6.07) is 9.26. The number of amides is 1. The lowest BCUT2D eigenvalue weighted by Crippen LogP contribution is -2.49. The first kappa shape index (κ1) is 18.6. The number of hydrogen-bond donors (Lipinski definition) is 2. The van der Waals surface area contributed by atoms with Crippen LogP contribution in [0.5, 0.6) is 0 Å². The molecule has 1 aliphatic rings. The van der Waals surface area contributed by atoms with Crippen molar-refractivity contribution in [2.45, 2.75) is 45.3 Å². The highest BCUT2D eigenvalue weighted by Gasteiger charge is 2.50. The number of carbonyl (C=O) groups excluding carboxylic acids is 2. The quantitative estimate of drug-likeness (QED) is 0.674. The number of ether oxygens (including phenoxy) is 1. The molecule has 0 saturated carbocycles. The van der Waals surface area contributed by atoms with Gasteiger partial charge in [-0.2, -0.15) is 0 Å². The molecule has 24 heavy (non-hydrogen) atoms. The van der Waals surface area contributed by atoms with Crippen molar-refractivity contribution in [1.29, 1.82) is 0 Å². The molecule has 1 saturated heterocycles. The molecule has 5 nitrogen and oxygen atoms in total. The van der Waals surface area contributed by atoms with Crippen LogP contribution < -0.4 is 11.1 Å². The van der Waals surface area contributed by atoms with E-state index < -0.39 is 11.6 Å². The third kappa shape index (κ3) is 4.89. The lowest BCUT2D eigenvalue weighted by molar-refractivity contribution is -0.132. The number of Topliss-reactive ketones (excluding diaryl/α,β-unsaturated/α-hetero) is 1. The summed E-state index contributed by atoms with van der Waals surface area (Å²) >= 11 is 0. The van der Waals surface area contributed by atoms with E-state index in [2.05, 4.69) is 5.32 Å². The van der Waals surface area contributed by atoms with Gasteiger partial charge in [-0.1, -0.05) is 44.2 Å². The standard InChI is InChI=1S/C19H28N2O3/c1-13(2)9-16(17(22)19(3)12-24-19)21-18(23)15(11-20)10-14-7-5-4-6-8-14/h4-8,13,15-16H,9-12,20H2,1-3H3,(H,21,23)/t15-,16+,19-/m1/s1. The number of benzene rings is 1. The molecule has 3 atom stereocenters. The second kappa shape index (κ2) is 7.90. The molecule has 1 fully saturated rings. The van der Waals surface area contributed by atoms with Crippen LogP contribution in [-0.4, -0.2) is 36.5 Å². The van der Waals surface area contributed by atoms with Gasteiger partial charge in [0, 0.05) is 6.54 Å². The highest BCUT2D eigenvalue weighted by Crippen LogP contribution is 2.29. The molecule has 0 aromatic heterocycles. The van der Waals surface area contributed by atoms with E-state index in [0.717, 1.165) is 5.56 Å². The second-order valence-corrected chi connectivity index (χ2v) is 7.20. The van der Waals surface area contributed by atoms with Crippen LogP contribution in [0.15, 0.2) is 30.3 Å². The maximum absolute atomic E-state index is 12.6. The van der Waals surface area contributed by atoms with Crippen molar-refractivity contribution in [3.05, 3.63) is 35.9 Å². The van der Waals surface area contributed by atoms with Gasteiger partial charge in [0.2, 0.25) is 5.91 Å². The minimum absolute atomic E-state index is 0.0416. The number of epoxide rings is 1. The molecule has 0 unspecified atom stereocenters. The third-order valence-electron chi connectivity index (χ3n) is 4.42. The topological polar surface area (TPSA) is 84.7 Å². The van der Waals surface area contributed by atoms with Gasteiger partial charge in [-0.05, 0) is 31.2 Å². The van der Waals surface area contributed by atoms with Gasteiger partial charge in [0.25, 0.3) is 0 Å². The second-order valence-electron chi connectivity index (χ2n) is 7.20. The summed E-state index contributed by atoms with van der Waals surface area (Å²) in [6.07, 6.45) is 1.17. The van der Waals surface area contributed by atoms with Crippen LogP contribution >= 0.6 is 0 Å². The van der Waals surface area contributed by atoms with Crippen LogP contribution in [0.1, 0.15) is 32.8 Å². The van der Waals surface area contributed by atoms with E-state index in [1.165, 1.54) is 0 Å². The number of nitrogens with two attached hydrogens (primary N) is 1. The van der Waals surface area contributed by atoms with Crippen molar-refractivity contribution in [2.75, 3.05) is 13.2 Å². The summed E-state index contributed by atoms with van der Waals surface area (Å²) in [4.78, 5) is 25.2. The number of carbonyl (C=O) groups is 2.